The highest BCUT2D eigenvalue weighted by molar-refractivity contribution is 5.75. The minimum Gasteiger partial charge on any atom is -0.492 e. The molecule has 0 bridgehead atoms. The first-order chi connectivity index (χ1) is 6.80. The van der Waals surface area contributed by atoms with Crippen molar-refractivity contribution in [3.05, 3.63) is 29.8 Å². The summed E-state index contributed by atoms with van der Waals surface area (Å²) in [6.45, 7) is 1.03. The number of carbonyl (C=O) groups is 1. The van der Waals surface area contributed by atoms with Crippen molar-refractivity contribution >= 4 is 5.97 Å². The van der Waals surface area contributed by atoms with Gasteiger partial charge in [-0.15, -0.1) is 0 Å². The molecule has 1 saturated heterocycles. The average molecular weight is 190 g/mol. The molecule has 3 nitrogen and oxygen atoms in total. The van der Waals surface area contributed by atoms with Crippen LogP contribution in [0.1, 0.15) is 12.0 Å². The smallest absolute Gasteiger partial charge is 0.306 e. The highest BCUT2D eigenvalue weighted by atomic mass is 16.5. The van der Waals surface area contributed by atoms with E-state index in [4.69, 9.17) is 9.47 Å². The lowest BCUT2D eigenvalue weighted by atomic mass is 9.82. The van der Waals surface area contributed by atoms with Gasteiger partial charge < -0.3 is 9.47 Å². The quantitative estimate of drug-likeness (QED) is 0.578. The van der Waals surface area contributed by atoms with Crippen molar-refractivity contribution in [3.63, 3.8) is 0 Å². The van der Waals surface area contributed by atoms with E-state index in [2.05, 4.69) is 0 Å². The van der Waals surface area contributed by atoms with Crippen LogP contribution in [0.15, 0.2) is 24.3 Å². The third-order valence-corrected chi connectivity index (χ3v) is 2.95. The molecule has 1 unspecified atom stereocenters. The van der Waals surface area contributed by atoms with Crippen molar-refractivity contribution in [1.82, 2.24) is 0 Å². The predicted octanol–water partition coefficient (Wildman–Crippen LogP) is 1.26. The number of benzene rings is 1. The summed E-state index contributed by atoms with van der Waals surface area (Å²) in [5.41, 5.74) is 0.916. The Morgan fingerprint density at radius 3 is 2.71 bits per heavy atom. The van der Waals surface area contributed by atoms with Crippen LogP contribution in [0.3, 0.4) is 0 Å². The first-order valence-electron chi connectivity index (χ1n) is 4.68. The SMILES string of the molecule is O=C1CC2(CO1)COc1ccccc12. The second kappa shape index (κ2) is 2.50. The molecule has 0 N–H and O–H groups in total. The van der Waals surface area contributed by atoms with Gasteiger partial charge in [0, 0.05) is 5.56 Å². The molecule has 3 rings (SSSR count). The summed E-state index contributed by atoms with van der Waals surface area (Å²) in [6.07, 6.45) is 0.448. The number of hydrogen-bond donors (Lipinski definition) is 0. The second-order valence-corrected chi connectivity index (χ2v) is 3.90. The molecule has 2 aliphatic rings. The molecule has 0 radical (unpaired) electrons. The minimum atomic E-state index is -0.201. The fourth-order valence-corrected chi connectivity index (χ4v) is 2.19. The second-order valence-electron chi connectivity index (χ2n) is 3.90. The van der Waals surface area contributed by atoms with E-state index >= 15 is 0 Å². The Morgan fingerprint density at radius 1 is 1.14 bits per heavy atom. The van der Waals surface area contributed by atoms with E-state index in [1.54, 1.807) is 0 Å². The number of esters is 1. The zero-order valence-corrected chi connectivity index (χ0v) is 7.66. The zero-order chi connectivity index (χ0) is 9.60. The van der Waals surface area contributed by atoms with Gasteiger partial charge >= 0.3 is 5.97 Å². The summed E-state index contributed by atoms with van der Waals surface area (Å²) >= 11 is 0. The number of cyclic esters (lactones) is 1. The predicted molar refractivity (Wildman–Crippen MR) is 49.2 cm³/mol. The largest absolute Gasteiger partial charge is 0.492 e. The van der Waals surface area contributed by atoms with Crippen LogP contribution in [0.25, 0.3) is 0 Å². The summed E-state index contributed by atoms with van der Waals surface area (Å²) in [5, 5.41) is 0. The molecule has 0 aromatic heterocycles. The Hall–Kier alpha value is -1.51. The van der Waals surface area contributed by atoms with Crippen molar-refractivity contribution < 1.29 is 14.3 Å². The molecule has 14 heavy (non-hydrogen) atoms. The Morgan fingerprint density at radius 2 is 1.93 bits per heavy atom. The molecule has 1 aromatic carbocycles. The number of para-hydroxylation sites is 1. The summed E-state index contributed by atoms with van der Waals surface area (Å²) in [7, 11) is 0. The van der Waals surface area contributed by atoms with E-state index in [9.17, 15) is 4.79 Å². The van der Waals surface area contributed by atoms with Gasteiger partial charge in [-0.05, 0) is 6.07 Å². The van der Waals surface area contributed by atoms with E-state index in [-0.39, 0.29) is 11.4 Å². The van der Waals surface area contributed by atoms with E-state index in [1.165, 1.54) is 0 Å². The number of fused-ring (bicyclic) bond motifs is 2. The van der Waals surface area contributed by atoms with Crippen LogP contribution >= 0.6 is 0 Å². The normalized spacial score (nSPS) is 28.7. The molecule has 2 aliphatic heterocycles. The van der Waals surface area contributed by atoms with Gasteiger partial charge in [0.1, 0.15) is 19.0 Å². The number of rotatable bonds is 0. The first-order valence-corrected chi connectivity index (χ1v) is 4.68. The van der Waals surface area contributed by atoms with Crippen molar-refractivity contribution in [2.45, 2.75) is 11.8 Å². The molecule has 72 valence electrons. The molecule has 1 atom stereocenters. The number of hydrogen-bond acceptors (Lipinski definition) is 3. The molecular weight excluding hydrogens is 180 g/mol. The van der Waals surface area contributed by atoms with E-state index in [0.29, 0.717) is 19.6 Å². The first kappa shape index (κ1) is 7.85. The van der Waals surface area contributed by atoms with Crippen LogP contribution in [-0.2, 0) is 14.9 Å². The summed E-state index contributed by atoms with van der Waals surface area (Å²) in [4.78, 5) is 11.1. The van der Waals surface area contributed by atoms with E-state index in [1.807, 2.05) is 24.3 Å². The third kappa shape index (κ3) is 0.895. The van der Waals surface area contributed by atoms with Crippen LogP contribution in [0.4, 0.5) is 0 Å². The van der Waals surface area contributed by atoms with Crippen LogP contribution < -0.4 is 4.74 Å². The lowest BCUT2D eigenvalue weighted by molar-refractivity contribution is -0.137. The fourth-order valence-electron chi connectivity index (χ4n) is 2.19. The Balaban J connectivity index is 2.09. The molecule has 0 aliphatic carbocycles. The molecule has 1 aromatic rings. The van der Waals surface area contributed by atoms with Gasteiger partial charge in [-0.1, -0.05) is 18.2 Å². The Kier molecular flexibility index (Phi) is 1.40. The molecule has 0 amide bonds. The molecule has 3 heteroatoms. The topological polar surface area (TPSA) is 35.5 Å². The maximum atomic E-state index is 11.1. The van der Waals surface area contributed by atoms with Gasteiger partial charge in [0.05, 0.1) is 11.8 Å². The van der Waals surface area contributed by atoms with Gasteiger partial charge in [0.15, 0.2) is 0 Å². The standard InChI is InChI=1S/C11H10O3/c12-10-5-11(7-14-10)6-13-9-4-2-1-3-8(9)11/h1-4H,5-7H2. The van der Waals surface area contributed by atoms with Crippen LogP contribution in [0, 0.1) is 0 Å². The van der Waals surface area contributed by atoms with Crippen LogP contribution in [0.2, 0.25) is 0 Å². The van der Waals surface area contributed by atoms with Crippen LogP contribution in [-0.4, -0.2) is 19.2 Å². The van der Waals surface area contributed by atoms with E-state index in [0.717, 1.165) is 11.3 Å². The van der Waals surface area contributed by atoms with Gasteiger partial charge in [-0.25, -0.2) is 0 Å². The molecule has 0 saturated carbocycles. The van der Waals surface area contributed by atoms with Gasteiger partial charge in [-0.2, -0.15) is 0 Å². The maximum Gasteiger partial charge on any atom is 0.306 e. The summed E-state index contributed by atoms with van der Waals surface area (Å²) in [5.74, 6) is 0.774. The third-order valence-electron chi connectivity index (χ3n) is 2.95. The monoisotopic (exact) mass is 190 g/mol. The Labute approximate surface area is 81.6 Å². The maximum absolute atomic E-state index is 11.1. The van der Waals surface area contributed by atoms with Gasteiger partial charge in [0.2, 0.25) is 0 Å². The molecular formula is C11H10O3. The molecule has 2 heterocycles. The van der Waals surface area contributed by atoms with Crippen molar-refractivity contribution in [2.24, 2.45) is 0 Å². The zero-order valence-electron chi connectivity index (χ0n) is 7.66. The summed E-state index contributed by atoms with van der Waals surface area (Å²) < 4.78 is 10.6. The lowest BCUT2D eigenvalue weighted by Gasteiger charge is -2.16. The lowest BCUT2D eigenvalue weighted by Crippen LogP contribution is -2.28. The minimum absolute atomic E-state index is 0.120. The van der Waals surface area contributed by atoms with Crippen molar-refractivity contribution in [1.29, 1.82) is 0 Å². The number of carbonyl (C=O) groups excluding carboxylic acids is 1. The van der Waals surface area contributed by atoms with Crippen LogP contribution in [0.5, 0.6) is 5.75 Å². The fraction of sp³-hybridized carbons (Fsp3) is 0.364. The molecule has 1 spiro atoms. The van der Waals surface area contributed by atoms with Crippen molar-refractivity contribution in [3.8, 4) is 5.75 Å². The average Bonchev–Trinajstić information content (AvgIpc) is 2.75. The highest BCUT2D eigenvalue weighted by Crippen LogP contribution is 2.43. The van der Waals surface area contributed by atoms with E-state index < -0.39 is 0 Å². The summed E-state index contributed by atoms with van der Waals surface area (Å²) in [6, 6.07) is 7.87. The van der Waals surface area contributed by atoms with Gasteiger partial charge in [0.25, 0.3) is 0 Å². The van der Waals surface area contributed by atoms with Crippen molar-refractivity contribution in [2.75, 3.05) is 13.2 Å². The Bertz CT molecular complexity index is 399. The number of ether oxygens (including phenoxy) is 2. The highest BCUT2D eigenvalue weighted by Gasteiger charge is 2.47. The molecule has 1 fully saturated rings. The van der Waals surface area contributed by atoms with Gasteiger partial charge in [-0.3, -0.25) is 4.79 Å².